The maximum absolute atomic E-state index is 12.4. The molecule has 1 N–H and O–H groups in total. The predicted octanol–water partition coefficient (Wildman–Crippen LogP) is 4.67. The molecule has 1 aliphatic heterocycles. The van der Waals surface area contributed by atoms with E-state index in [2.05, 4.69) is 43.4 Å². The maximum Gasteiger partial charge on any atom is 0.234 e. The molecule has 2 aromatic rings. The van der Waals surface area contributed by atoms with Crippen molar-refractivity contribution in [3.05, 3.63) is 54.1 Å². The molecule has 0 aliphatic carbocycles. The molecule has 1 saturated heterocycles. The van der Waals surface area contributed by atoms with E-state index in [1.165, 1.54) is 17.3 Å². The standard InChI is InChI=1S/C21H24N2O2S/c1-15(2)16-9-11-17(12-10-16)26-14-20(24)22-18-6-3-4-7-19(18)23-13-5-8-21(23)25/h3-4,6-7,9-12,15H,5,8,13-14H2,1-2H3,(H,22,24). The number of thioether (sulfide) groups is 1. The van der Waals surface area contributed by atoms with Gasteiger partial charge in [-0.1, -0.05) is 38.1 Å². The minimum atomic E-state index is -0.0676. The zero-order valence-electron chi connectivity index (χ0n) is 15.2. The maximum atomic E-state index is 12.4. The molecule has 26 heavy (non-hydrogen) atoms. The van der Waals surface area contributed by atoms with Crippen molar-refractivity contribution in [2.45, 2.75) is 37.5 Å². The average Bonchev–Trinajstić information content (AvgIpc) is 3.06. The third-order valence-corrected chi connectivity index (χ3v) is 5.47. The van der Waals surface area contributed by atoms with Crippen molar-refractivity contribution in [3.8, 4) is 0 Å². The Morgan fingerprint density at radius 2 is 1.88 bits per heavy atom. The fourth-order valence-electron chi connectivity index (χ4n) is 3.00. The number of carbonyl (C=O) groups is 2. The van der Waals surface area contributed by atoms with Gasteiger partial charge in [0.1, 0.15) is 0 Å². The number of benzene rings is 2. The Morgan fingerprint density at radius 1 is 1.15 bits per heavy atom. The molecule has 5 heteroatoms. The van der Waals surface area contributed by atoms with E-state index in [4.69, 9.17) is 0 Å². The summed E-state index contributed by atoms with van der Waals surface area (Å²) in [5.41, 5.74) is 2.78. The lowest BCUT2D eigenvalue weighted by atomic mass is 10.0. The monoisotopic (exact) mass is 368 g/mol. The van der Waals surface area contributed by atoms with Crippen molar-refractivity contribution >= 4 is 35.0 Å². The van der Waals surface area contributed by atoms with E-state index in [0.29, 0.717) is 30.3 Å². The number of nitrogens with one attached hydrogen (secondary N) is 1. The molecule has 1 heterocycles. The Bertz CT molecular complexity index is 787. The summed E-state index contributed by atoms with van der Waals surface area (Å²) in [6.07, 6.45) is 1.44. The first kappa shape index (κ1) is 18.5. The van der Waals surface area contributed by atoms with E-state index in [1.54, 1.807) is 4.90 Å². The average molecular weight is 369 g/mol. The Hall–Kier alpha value is -2.27. The molecule has 2 amide bonds. The summed E-state index contributed by atoms with van der Waals surface area (Å²) in [6.45, 7) is 5.04. The number of nitrogens with zero attached hydrogens (tertiary/aromatic N) is 1. The molecular formula is C21H24N2O2S. The van der Waals surface area contributed by atoms with Gasteiger partial charge in [0.15, 0.2) is 0 Å². The van der Waals surface area contributed by atoms with Crippen molar-refractivity contribution < 1.29 is 9.59 Å². The third kappa shape index (κ3) is 4.47. The smallest absolute Gasteiger partial charge is 0.234 e. The second-order valence-corrected chi connectivity index (χ2v) is 7.78. The minimum absolute atomic E-state index is 0.0676. The van der Waals surface area contributed by atoms with Crippen LogP contribution in [0.25, 0.3) is 0 Å². The summed E-state index contributed by atoms with van der Waals surface area (Å²) < 4.78 is 0. The summed E-state index contributed by atoms with van der Waals surface area (Å²) in [7, 11) is 0. The van der Waals surface area contributed by atoms with Gasteiger partial charge in [0.2, 0.25) is 11.8 Å². The molecule has 0 bridgehead atoms. The zero-order valence-corrected chi connectivity index (χ0v) is 16.0. The number of hydrogen-bond acceptors (Lipinski definition) is 3. The lowest BCUT2D eigenvalue weighted by Crippen LogP contribution is -2.25. The van der Waals surface area contributed by atoms with Crippen LogP contribution in [-0.4, -0.2) is 24.1 Å². The quantitative estimate of drug-likeness (QED) is 0.754. The summed E-state index contributed by atoms with van der Waals surface area (Å²) in [6, 6.07) is 15.8. The van der Waals surface area contributed by atoms with Crippen LogP contribution in [0.4, 0.5) is 11.4 Å². The lowest BCUT2D eigenvalue weighted by molar-refractivity contribution is -0.117. The third-order valence-electron chi connectivity index (χ3n) is 4.46. The molecule has 136 valence electrons. The van der Waals surface area contributed by atoms with Gasteiger partial charge in [0.05, 0.1) is 17.1 Å². The first-order valence-electron chi connectivity index (χ1n) is 8.96. The predicted molar refractivity (Wildman–Crippen MR) is 108 cm³/mol. The van der Waals surface area contributed by atoms with Crippen LogP contribution in [0.15, 0.2) is 53.4 Å². The molecule has 0 radical (unpaired) electrons. The molecule has 3 rings (SSSR count). The molecule has 0 aromatic heterocycles. The molecule has 4 nitrogen and oxygen atoms in total. The number of hydrogen-bond donors (Lipinski definition) is 1. The number of rotatable bonds is 6. The van der Waals surface area contributed by atoms with Crippen molar-refractivity contribution in [3.63, 3.8) is 0 Å². The van der Waals surface area contributed by atoms with Crippen molar-refractivity contribution in [2.75, 3.05) is 22.5 Å². The highest BCUT2D eigenvalue weighted by Gasteiger charge is 2.24. The van der Waals surface area contributed by atoms with E-state index in [0.717, 1.165) is 17.0 Å². The van der Waals surface area contributed by atoms with Crippen LogP contribution in [-0.2, 0) is 9.59 Å². The van der Waals surface area contributed by atoms with Crippen LogP contribution in [0, 0.1) is 0 Å². The Morgan fingerprint density at radius 3 is 2.54 bits per heavy atom. The highest BCUT2D eigenvalue weighted by atomic mass is 32.2. The van der Waals surface area contributed by atoms with Gasteiger partial charge in [0.25, 0.3) is 0 Å². The molecule has 2 aromatic carbocycles. The molecule has 0 saturated carbocycles. The van der Waals surface area contributed by atoms with Crippen LogP contribution >= 0.6 is 11.8 Å². The van der Waals surface area contributed by atoms with Gasteiger partial charge in [-0.2, -0.15) is 0 Å². The van der Waals surface area contributed by atoms with Gasteiger partial charge < -0.3 is 10.2 Å². The summed E-state index contributed by atoms with van der Waals surface area (Å²) >= 11 is 1.51. The molecule has 0 spiro atoms. The van der Waals surface area contributed by atoms with E-state index in [-0.39, 0.29) is 11.8 Å². The fourth-order valence-corrected chi connectivity index (χ4v) is 3.70. The largest absolute Gasteiger partial charge is 0.324 e. The number of carbonyl (C=O) groups excluding carboxylic acids is 2. The molecule has 1 fully saturated rings. The second kappa shape index (κ2) is 8.41. The second-order valence-electron chi connectivity index (χ2n) is 6.73. The summed E-state index contributed by atoms with van der Waals surface area (Å²) in [4.78, 5) is 27.2. The Kier molecular flexibility index (Phi) is 5.99. The van der Waals surface area contributed by atoms with E-state index >= 15 is 0 Å². The minimum Gasteiger partial charge on any atom is -0.324 e. The lowest BCUT2D eigenvalue weighted by Gasteiger charge is -2.19. The summed E-state index contributed by atoms with van der Waals surface area (Å²) in [5, 5.41) is 2.95. The normalized spacial score (nSPS) is 14.1. The number of anilines is 2. The van der Waals surface area contributed by atoms with E-state index < -0.39 is 0 Å². The molecule has 0 unspecified atom stereocenters. The number of para-hydroxylation sites is 2. The first-order chi connectivity index (χ1) is 12.5. The van der Waals surface area contributed by atoms with E-state index in [9.17, 15) is 9.59 Å². The van der Waals surface area contributed by atoms with Gasteiger partial charge in [0, 0.05) is 17.9 Å². The Labute approximate surface area is 159 Å². The van der Waals surface area contributed by atoms with Crippen LogP contribution in [0.3, 0.4) is 0 Å². The zero-order chi connectivity index (χ0) is 18.5. The summed E-state index contributed by atoms with van der Waals surface area (Å²) in [5.74, 6) is 0.888. The van der Waals surface area contributed by atoms with Crippen molar-refractivity contribution in [1.29, 1.82) is 0 Å². The Balaban J connectivity index is 1.61. The highest BCUT2D eigenvalue weighted by molar-refractivity contribution is 8.00. The van der Waals surface area contributed by atoms with Crippen LogP contribution in [0.2, 0.25) is 0 Å². The van der Waals surface area contributed by atoms with Gasteiger partial charge in [-0.3, -0.25) is 9.59 Å². The van der Waals surface area contributed by atoms with Gasteiger partial charge >= 0.3 is 0 Å². The SMILES string of the molecule is CC(C)c1ccc(SCC(=O)Nc2ccccc2N2CCCC2=O)cc1. The molecular weight excluding hydrogens is 344 g/mol. The highest BCUT2D eigenvalue weighted by Crippen LogP contribution is 2.30. The number of amides is 2. The van der Waals surface area contributed by atoms with Gasteiger partial charge in [-0.25, -0.2) is 0 Å². The van der Waals surface area contributed by atoms with E-state index in [1.807, 2.05) is 24.3 Å². The first-order valence-corrected chi connectivity index (χ1v) is 9.95. The van der Waals surface area contributed by atoms with Crippen molar-refractivity contribution in [1.82, 2.24) is 0 Å². The molecule has 0 atom stereocenters. The van der Waals surface area contributed by atoms with Crippen molar-refractivity contribution in [2.24, 2.45) is 0 Å². The topological polar surface area (TPSA) is 49.4 Å². The van der Waals surface area contributed by atoms with Gasteiger partial charge in [-0.15, -0.1) is 11.8 Å². The fraction of sp³-hybridized carbons (Fsp3) is 0.333. The van der Waals surface area contributed by atoms with Gasteiger partial charge in [-0.05, 0) is 42.2 Å². The van der Waals surface area contributed by atoms with Crippen LogP contribution in [0.5, 0.6) is 0 Å². The van der Waals surface area contributed by atoms with Crippen LogP contribution in [0.1, 0.15) is 38.2 Å². The van der Waals surface area contributed by atoms with Crippen LogP contribution < -0.4 is 10.2 Å². The molecule has 1 aliphatic rings.